The molecule has 0 amide bonds. The molecule has 0 radical (unpaired) electrons. The van der Waals surface area contributed by atoms with Crippen LogP contribution >= 0.6 is 11.3 Å². The fourth-order valence-electron chi connectivity index (χ4n) is 4.57. The van der Waals surface area contributed by atoms with Gasteiger partial charge in [0.15, 0.2) is 0 Å². The maximum Gasteiger partial charge on any atom is 0.124 e. The number of hydrogen-bond acceptors (Lipinski definition) is 2. The lowest BCUT2D eigenvalue weighted by molar-refractivity contribution is 0.285. The molecule has 0 unspecified atom stereocenters. The van der Waals surface area contributed by atoms with Crippen LogP contribution in [0.15, 0.2) is 24.3 Å². The third-order valence-corrected chi connectivity index (χ3v) is 6.56. The minimum absolute atomic E-state index is 0.120. The van der Waals surface area contributed by atoms with E-state index in [0.29, 0.717) is 5.92 Å². The molecular formula is C17H20FNS. The highest BCUT2D eigenvalue weighted by Gasteiger charge is 2.48. The van der Waals surface area contributed by atoms with Crippen molar-refractivity contribution in [3.63, 3.8) is 0 Å². The van der Waals surface area contributed by atoms with Gasteiger partial charge < -0.3 is 5.32 Å². The van der Waals surface area contributed by atoms with Crippen LogP contribution in [0.25, 0.3) is 10.1 Å². The molecule has 20 heavy (non-hydrogen) atoms. The summed E-state index contributed by atoms with van der Waals surface area (Å²) < 4.78 is 14.5. The lowest BCUT2D eigenvalue weighted by atomic mass is 9.78. The van der Waals surface area contributed by atoms with Crippen LogP contribution in [-0.4, -0.2) is 13.6 Å². The van der Waals surface area contributed by atoms with Crippen molar-refractivity contribution in [2.24, 2.45) is 17.8 Å². The van der Waals surface area contributed by atoms with Gasteiger partial charge in [0.25, 0.3) is 0 Å². The van der Waals surface area contributed by atoms with Crippen molar-refractivity contribution in [1.29, 1.82) is 0 Å². The molecule has 4 atom stereocenters. The van der Waals surface area contributed by atoms with E-state index in [2.05, 4.69) is 18.4 Å². The van der Waals surface area contributed by atoms with Gasteiger partial charge in [-0.15, -0.1) is 11.3 Å². The highest BCUT2D eigenvalue weighted by atomic mass is 32.1. The summed E-state index contributed by atoms with van der Waals surface area (Å²) in [5, 5.41) is 4.59. The van der Waals surface area contributed by atoms with E-state index in [-0.39, 0.29) is 5.82 Å². The number of fused-ring (bicyclic) bond motifs is 3. The normalized spacial score (nSPS) is 32.3. The zero-order valence-corrected chi connectivity index (χ0v) is 12.5. The molecule has 1 N–H and O–H groups in total. The highest BCUT2D eigenvalue weighted by Crippen LogP contribution is 2.57. The summed E-state index contributed by atoms with van der Waals surface area (Å²) in [5.41, 5.74) is 0. The second-order valence-electron chi connectivity index (χ2n) is 6.41. The summed E-state index contributed by atoms with van der Waals surface area (Å²) in [7, 11) is 2.06. The van der Waals surface area contributed by atoms with Gasteiger partial charge in [-0.25, -0.2) is 4.39 Å². The molecular weight excluding hydrogens is 269 g/mol. The Balaban J connectivity index is 1.73. The highest BCUT2D eigenvalue weighted by molar-refractivity contribution is 7.19. The minimum atomic E-state index is -0.120. The lowest BCUT2D eigenvalue weighted by Crippen LogP contribution is -2.29. The summed E-state index contributed by atoms with van der Waals surface area (Å²) in [6, 6.07) is 7.49. The van der Waals surface area contributed by atoms with Gasteiger partial charge in [-0.3, -0.25) is 0 Å². The summed E-state index contributed by atoms with van der Waals surface area (Å²) in [5.74, 6) is 3.11. The molecule has 0 spiro atoms. The van der Waals surface area contributed by atoms with Crippen LogP contribution in [0.5, 0.6) is 0 Å². The standard InChI is InChI=1S/C17H20FNS/c1-19-9-14-10-2-3-12(6-10)17(14)16-7-11-4-5-13(18)8-15(11)20-16/h4-5,7-8,10,12,14,17,19H,2-3,6,9H2,1H3/t10-,12+,14-,17-/m0/s1. The largest absolute Gasteiger partial charge is 0.319 e. The third-order valence-electron chi connectivity index (χ3n) is 5.36. The van der Waals surface area contributed by atoms with E-state index in [9.17, 15) is 4.39 Å². The Bertz CT molecular complexity index is 635. The van der Waals surface area contributed by atoms with Crippen LogP contribution in [0, 0.1) is 23.6 Å². The van der Waals surface area contributed by atoms with E-state index in [1.807, 2.05) is 17.4 Å². The van der Waals surface area contributed by atoms with Crippen molar-refractivity contribution in [3.05, 3.63) is 35.0 Å². The first-order chi connectivity index (χ1) is 9.76. The first kappa shape index (κ1) is 12.8. The quantitative estimate of drug-likeness (QED) is 0.883. The smallest absolute Gasteiger partial charge is 0.124 e. The Morgan fingerprint density at radius 2 is 2.10 bits per heavy atom. The van der Waals surface area contributed by atoms with Crippen molar-refractivity contribution in [3.8, 4) is 0 Å². The van der Waals surface area contributed by atoms with Gasteiger partial charge in [0, 0.05) is 15.5 Å². The zero-order chi connectivity index (χ0) is 13.7. The van der Waals surface area contributed by atoms with Gasteiger partial charge in [-0.05, 0) is 74.2 Å². The topological polar surface area (TPSA) is 12.0 Å². The Kier molecular flexibility index (Phi) is 3.08. The fourth-order valence-corrected chi connectivity index (χ4v) is 5.93. The van der Waals surface area contributed by atoms with Crippen molar-refractivity contribution >= 4 is 21.4 Å². The van der Waals surface area contributed by atoms with Crippen molar-refractivity contribution in [2.75, 3.05) is 13.6 Å². The SMILES string of the molecule is CNC[C@H]1[C@H]2CC[C@H](C2)[C@@H]1c1cc2ccc(F)cc2s1. The third kappa shape index (κ3) is 1.91. The molecule has 1 aromatic heterocycles. The number of rotatable bonds is 3. The molecule has 3 heteroatoms. The van der Waals surface area contributed by atoms with Crippen LogP contribution in [0.4, 0.5) is 4.39 Å². The van der Waals surface area contributed by atoms with E-state index in [4.69, 9.17) is 0 Å². The molecule has 2 saturated carbocycles. The number of halogens is 1. The Morgan fingerprint density at radius 3 is 2.95 bits per heavy atom. The second-order valence-corrected chi connectivity index (χ2v) is 7.53. The van der Waals surface area contributed by atoms with Gasteiger partial charge in [-0.2, -0.15) is 0 Å². The predicted octanol–water partition coefficient (Wildman–Crippen LogP) is 4.39. The van der Waals surface area contributed by atoms with Crippen LogP contribution in [0.3, 0.4) is 0 Å². The maximum absolute atomic E-state index is 13.4. The van der Waals surface area contributed by atoms with Gasteiger partial charge in [0.2, 0.25) is 0 Å². The average Bonchev–Trinajstić information content (AvgIpc) is 3.11. The minimum Gasteiger partial charge on any atom is -0.319 e. The summed E-state index contributed by atoms with van der Waals surface area (Å²) in [6.45, 7) is 1.12. The van der Waals surface area contributed by atoms with E-state index >= 15 is 0 Å². The van der Waals surface area contributed by atoms with Crippen LogP contribution in [0.2, 0.25) is 0 Å². The molecule has 2 bridgehead atoms. The predicted molar refractivity (Wildman–Crippen MR) is 82.8 cm³/mol. The second kappa shape index (κ2) is 4.81. The molecule has 1 nitrogen and oxygen atoms in total. The van der Waals surface area contributed by atoms with Gasteiger partial charge in [0.1, 0.15) is 5.82 Å². The van der Waals surface area contributed by atoms with Crippen molar-refractivity contribution < 1.29 is 4.39 Å². The molecule has 4 rings (SSSR count). The molecule has 1 heterocycles. The van der Waals surface area contributed by atoms with Crippen molar-refractivity contribution in [1.82, 2.24) is 5.32 Å². The molecule has 2 aliphatic rings. The monoisotopic (exact) mass is 289 g/mol. The molecule has 1 aromatic carbocycles. The molecule has 2 aromatic rings. The Morgan fingerprint density at radius 1 is 1.25 bits per heavy atom. The van der Waals surface area contributed by atoms with Gasteiger partial charge in [0.05, 0.1) is 0 Å². The van der Waals surface area contributed by atoms with E-state index in [1.165, 1.54) is 29.5 Å². The summed E-state index contributed by atoms with van der Waals surface area (Å²) >= 11 is 1.81. The molecule has 2 aliphatic carbocycles. The summed E-state index contributed by atoms with van der Waals surface area (Å²) in [6.07, 6.45) is 4.20. The Hall–Kier alpha value is -0.930. The van der Waals surface area contributed by atoms with Gasteiger partial charge in [-0.1, -0.05) is 6.07 Å². The molecule has 0 aliphatic heterocycles. The maximum atomic E-state index is 13.4. The van der Waals surface area contributed by atoms with Crippen molar-refractivity contribution in [2.45, 2.75) is 25.2 Å². The first-order valence-electron chi connectivity index (χ1n) is 7.60. The van der Waals surface area contributed by atoms with Crippen LogP contribution in [-0.2, 0) is 0 Å². The number of benzene rings is 1. The molecule has 106 valence electrons. The number of nitrogens with one attached hydrogen (secondary N) is 1. The van der Waals surface area contributed by atoms with E-state index in [0.717, 1.165) is 29.0 Å². The van der Waals surface area contributed by atoms with E-state index in [1.54, 1.807) is 12.1 Å². The molecule has 0 saturated heterocycles. The lowest BCUT2D eigenvalue weighted by Gasteiger charge is -2.30. The van der Waals surface area contributed by atoms with Crippen LogP contribution in [0.1, 0.15) is 30.1 Å². The average molecular weight is 289 g/mol. The number of thiophene rings is 1. The number of hydrogen-bond donors (Lipinski definition) is 1. The Labute approximate surface area is 123 Å². The molecule has 2 fully saturated rings. The summed E-state index contributed by atoms with van der Waals surface area (Å²) in [4.78, 5) is 1.48. The first-order valence-corrected chi connectivity index (χ1v) is 8.41. The van der Waals surface area contributed by atoms with Crippen LogP contribution < -0.4 is 5.32 Å². The fraction of sp³-hybridized carbons (Fsp3) is 0.529. The zero-order valence-electron chi connectivity index (χ0n) is 11.7. The van der Waals surface area contributed by atoms with Gasteiger partial charge >= 0.3 is 0 Å². The van der Waals surface area contributed by atoms with E-state index < -0.39 is 0 Å².